The van der Waals surface area contributed by atoms with Crippen molar-refractivity contribution in [1.29, 1.82) is 0 Å². The summed E-state index contributed by atoms with van der Waals surface area (Å²) < 4.78 is 5.74. The zero-order valence-corrected chi connectivity index (χ0v) is 11.8. The quantitative estimate of drug-likeness (QED) is 0.827. The molecule has 2 heteroatoms. The molecule has 0 saturated carbocycles. The predicted molar refractivity (Wildman–Crippen MR) is 76.1 cm³/mol. The second-order valence-corrected chi connectivity index (χ2v) is 5.32. The summed E-state index contributed by atoms with van der Waals surface area (Å²) in [4.78, 5) is 0. The van der Waals surface area contributed by atoms with E-state index in [0.717, 1.165) is 25.3 Å². The average Bonchev–Trinajstić information content (AvgIpc) is 2.69. The molecule has 2 nitrogen and oxygen atoms in total. The van der Waals surface area contributed by atoms with E-state index in [1.165, 1.54) is 24.0 Å². The molecule has 18 heavy (non-hydrogen) atoms. The van der Waals surface area contributed by atoms with Crippen molar-refractivity contribution in [2.24, 2.45) is 5.92 Å². The Morgan fingerprint density at radius 2 is 2.11 bits per heavy atom. The maximum Gasteiger partial charge on any atom is 0.119 e. The zero-order chi connectivity index (χ0) is 13.0. The van der Waals surface area contributed by atoms with Gasteiger partial charge in [-0.3, -0.25) is 0 Å². The maximum absolute atomic E-state index is 5.74. The van der Waals surface area contributed by atoms with Gasteiger partial charge in [-0.2, -0.15) is 0 Å². The van der Waals surface area contributed by atoms with Crippen LogP contribution in [0, 0.1) is 5.92 Å². The maximum atomic E-state index is 5.74. The van der Waals surface area contributed by atoms with E-state index in [2.05, 4.69) is 44.3 Å². The first-order chi connectivity index (χ1) is 8.76. The summed E-state index contributed by atoms with van der Waals surface area (Å²) in [5.41, 5.74) is 2.93. The van der Waals surface area contributed by atoms with Crippen LogP contribution >= 0.6 is 0 Å². The van der Waals surface area contributed by atoms with Crippen molar-refractivity contribution in [2.75, 3.05) is 13.2 Å². The fourth-order valence-corrected chi connectivity index (χ4v) is 2.74. The Bertz CT molecular complexity index is 389. The van der Waals surface area contributed by atoms with Crippen LogP contribution in [-0.2, 0) is 6.42 Å². The molecule has 0 saturated heterocycles. The highest BCUT2D eigenvalue weighted by molar-refractivity contribution is 5.41. The molecule has 0 fully saturated rings. The van der Waals surface area contributed by atoms with E-state index in [1.54, 1.807) is 0 Å². The van der Waals surface area contributed by atoms with Gasteiger partial charge in [0.05, 0.1) is 6.61 Å². The molecular weight excluding hydrogens is 222 g/mol. The molecular formula is C16H25NO. The van der Waals surface area contributed by atoms with Gasteiger partial charge in [0.25, 0.3) is 0 Å². The smallest absolute Gasteiger partial charge is 0.119 e. The number of ether oxygens (including phenoxy) is 1. The molecule has 2 rings (SSSR count). The van der Waals surface area contributed by atoms with Gasteiger partial charge in [-0.25, -0.2) is 0 Å². The van der Waals surface area contributed by atoms with E-state index < -0.39 is 0 Å². The summed E-state index contributed by atoms with van der Waals surface area (Å²) >= 11 is 0. The van der Waals surface area contributed by atoms with Gasteiger partial charge in [-0.05, 0) is 55.0 Å². The highest BCUT2D eigenvalue weighted by Gasteiger charge is 2.28. The van der Waals surface area contributed by atoms with Gasteiger partial charge in [-0.1, -0.05) is 26.8 Å². The highest BCUT2D eigenvalue weighted by Crippen LogP contribution is 2.37. The van der Waals surface area contributed by atoms with Crippen LogP contribution in [0.1, 0.15) is 50.8 Å². The van der Waals surface area contributed by atoms with Crippen molar-refractivity contribution in [3.8, 4) is 5.75 Å². The molecule has 0 aliphatic heterocycles. The monoisotopic (exact) mass is 247 g/mol. The summed E-state index contributed by atoms with van der Waals surface area (Å²) in [6, 6.07) is 7.10. The molecule has 0 amide bonds. The third-order valence-electron chi connectivity index (χ3n) is 3.65. The Balaban J connectivity index is 2.14. The molecule has 1 aromatic rings. The van der Waals surface area contributed by atoms with Gasteiger partial charge in [-0.15, -0.1) is 0 Å². The molecule has 0 bridgehead atoms. The van der Waals surface area contributed by atoms with Crippen LogP contribution in [0.25, 0.3) is 0 Å². The first-order valence-electron chi connectivity index (χ1n) is 7.25. The molecule has 0 aromatic heterocycles. The minimum atomic E-state index is 0.505. The predicted octanol–water partition coefficient (Wildman–Crippen LogP) is 3.71. The van der Waals surface area contributed by atoms with Crippen LogP contribution in [0.5, 0.6) is 5.75 Å². The lowest BCUT2D eigenvalue weighted by Gasteiger charge is -2.18. The Labute approximate surface area is 111 Å². The second kappa shape index (κ2) is 6.24. The molecule has 0 spiro atoms. The van der Waals surface area contributed by atoms with Crippen molar-refractivity contribution >= 4 is 0 Å². The van der Waals surface area contributed by atoms with E-state index in [4.69, 9.17) is 4.74 Å². The molecule has 1 aromatic carbocycles. The van der Waals surface area contributed by atoms with Gasteiger partial charge >= 0.3 is 0 Å². The van der Waals surface area contributed by atoms with Crippen molar-refractivity contribution in [3.05, 3.63) is 29.3 Å². The topological polar surface area (TPSA) is 21.3 Å². The summed E-state index contributed by atoms with van der Waals surface area (Å²) in [7, 11) is 0. The first kappa shape index (κ1) is 13.4. The normalized spacial score (nSPS) is 21.9. The molecule has 100 valence electrons. The van der Waals surface area contributed by atoms with Gasteiger partial charge in [0.2, 0.25) is 0 Å². The van der Waals surface area contributed by atoms with Crippen LogP contribution in [0.3, 0.4) is 0 Å². The molecule has 1 aliphatic rings. The number of hydrogen-bond donors (Lipinski definition) is 1. The van der Waals surface area contributed by atoms with Gasteiger partial charge in [0.15, 0.2) is 0 Å². The van der Waals surface area contributed by atoms with Crippen molar-refractivity contribution in [3.63, 3.8) is 0 Å². The summed E-state index contributed by atoms with van der Waals surface area (Å²) in [5, 5.41) is 3.66. The van der Waals surface area contributed by atoms with Crippen molar-refractivity contribution in [1.82, 2.24) is 5.32 Å². The summed E-state index contributed by atoms with van der Waals surface area (Å²) in [6.07, 6.45) is 3.43. The van der Waals surface area contributed by atoms with E-state index in [-0.39, 0.29) is 0 Å². The minimum absolute atomic E-state index is 0.505. The minimum Gasteiger partial charge on any atom is -0.494 e. The molecule has 0 heterocycles. The number of nitrogens with one attached hydrogen (secondary N) is 1. The Hall–Kier alpha value is -1.02. The molecule has 2 atom stereocenters. The highest BCUT2D eigenvalue weighted by atomic mass is 16.5. The Kier molecular flexibility index (Phi) is 4.65. The van der Waals surface area contributed by atoms with E-state index in [1.807, 2.05) is 0 Å². The standard InChI is InChI=1S/C16H25NO/c1-4-8-17-16-12(3)10-13-6-7-14(11-15(13)16)18-9-5-2/h6-7,11-12,16-17H,4-5,8-10H2,1-3H3. The molecule has 1 aliphatic carbocycles. The first-order valence-corrected chi connectivity index (χ1v) is 7.25. The van der Waals surface area contributed by atoms with E-state index in [9.17, 15) is 0 Å². The van der Waals surface area contributed by atoms with Crippen LogP contribution in [0.2, 0.25) is 0 Å². The number of fused-ring (bicyclic) bond motifs is 1. The van der Waals surface area contributed by atoms with Crippen LogP contribution in [0.15, 0.2) is 18.2 Å². The van der Waals surface area contributed by atoms with E-state index in [0.29, 0.717) is 12.0 Å². The van der Waals surface area contributed by atoms with Crippen LogP contribution in [-0.4, -0.2) is 13.2 Å². The zero-order valence-electron chi connectivity index (χ0n) is 11.8. The number of rotatable bonds is 6. The number of hydrogen-bond acceptors (Lipinski definition) is 2. The fraction of sp³-hybridized carbons (Fsp3) is 0.625. The lowest BCUT2D eigenvalue weighted by atomic mass is 10.0. The molecule has 2 unspecified atom stereocenters. The Morgan fingerprint density at radius 1 is 1.28 bits per heavy atom. The lowest BCUT2D eigenvalue weighted by Crippen LogP contribution is -2.24. The van der Waals surface area contributed by atoms with Crippen LogP contribution < -0.4 is 10.1 Å². The number of benzene rings is 1. The lowest BCUT2D eigenvalue weighted by molar-refractivity contribution is 0.316. The summed E-state index contributed by atoms with van der Waals surface area (Å²) in [5.74, 6) is 1.71. The SMILES string of the molecule is CCCNC1c2cc(OCCC)ccc2CC1C. The van der Waals surface area contributed by atoms with Crippen LogP contribution in [0.4, 0.5) is 0 Å². The van der Waals surface area contributed by atoms with Gasteiger partial charge in [0.1, 0.15) is 5.75 Å². The molecule has 1 N–H and O–H groups in total. The average molecular weight is 247 g/mol. The van der Waals surface area contributed by atoms with Crippen molar-refractivity contribution < 1.29 is 4.74 Å². The van der Waals surface area contributed by atoms with Gasteiger partial charge in [0, 0.05) is 6.04 Å². The fourth-order valence-electron chi connectivity index (χ4n) is 2.74. The van der Waals surface area contributed by atoms with Gasteiger partial charge < -0.3 is 10.1 Å². The second-order valence-electron chi connectivity index (χ2n) is 5.32. The van der Waals surface area contributed by atoms with E-state index >= 15 is 0 Å². The molecule has 0 radical (unpaired) electrons. The third kappa shape index (κ3) is 2.86. The Morgan fingerprint density at radius 3 is 2.83 bits per heavy atom. The third-order valence-corrected chi connectivity index (χ3v) is 3.65. The van der Waals surface area contributed by atoms with Crippen molar-refractivity contribution in [2.45, 2.75) is 46.1 Å². The largest absolute Gasteiger partial charge is 0.494 e. The summed E-state index contributed by atoms with van der Waals surface area (Å²) in [6.45, 7) is 8.59.